The summed E-state index contributed by atoms with van der Waals surface area (Å²) in [4.78, 5) is 14.0. The molecule has 0 aliphatic rings. The van der Waals surface area contributed by atoms with Crippen LogP contribution in [0, 0.1) is 3.57 Å². The Morgan fingerprint density at radius 3 is 2.42 bits per heavy atom. The Morgan fingerprint density at radius 2 is 1.79 bits per heavy atom. The van der Waals surface area contributed by atoms with Gasteiger partial charge in [0.1, 0.15) is 11.4 Å². The molecular weight excluding hydrogens is 419 g/mol. The maximum atomic E-state index is 12.5. The number of methoxy groups -OCH3 is 1. The molecule has 5 nitrogen and oxygen atoms in total. The summed E-state index contributed by atoms with van der Waals surface area (Å²) in [6, 6.07) is 16.6. The first-order chi connectivity index (χ1) is 11.6. The van der Waals surface area contributed by atoms with Gasteiger partial charge in [0, 0.05) is 27.8 Å². The van der Waals surface area contributed by atoms with E-state index >= 15 is 0 Å². The van der Waals surface area contributed by atoms with Crippen molar-refractivity contribution in [2.45, 2.75) is 0 Å². The molecule has 3 rings (SSSR count). The summed E-state index contributed by atoms with van der Waals surface area (Å²) in [5, 5.41) is 4.05. The number of anilines is 1. The number of aromatic nitrogens is 1. The smallest absolute Gasteiger partial charge is 0.260 e. The molecule has 1 heterocycles. The summed E-state index contributed by atoms with van der Waals surface area (Å²) in [6.45, 7) is 0. The van der Waals surface area contributed by atoms with Crippen molar-refractivity contribution in [2.75, 3.05) is 19.1 Å². The third-order valence-corrected chi connectivity index (χ3v) is 4.33. The standard InChI is InChI=1S/C18H15IN2O3/c1-21(18(22)13-5-9-15(23-2)10-6-13)17-11-16(20-24-17)12-3-7-14(19)8-4-12/h3-11H,1-2H3. The van der Waals surface area contributed by atoms with Gasteiger partial charge in [-0.1, -0.05) is 17.3 Å². The van der Waals surface area contributed by atoms with Gasteiger partial charge in [0.15, 0.2) is 0 Å². The molecule has 2 aromatic carbocycles. The summed E-state index contributed by atoms with van der Waals surface area (Å²) in [7, 11) is 3.24. The Kier molecular flexibility index (Phi) is 4.84. The Morgan fingerprint density at radius 1 is 1.12 bits per heavy atom. The van der Waals surface area contributed by atoms with Gasteiger partial charge >= 0.3 is 0 Å². The third kappa shape index (κ3) is 3.43. The van der Waals surface area contributed by atoms with Crippen LogP contribution in [0.2, 0.25) is 0 Å². The van der Waals surface area contributed by atoms with Gasteiger partial charge in [-0.3, -0.25) is 9.69 Å². The zero-order valence-electron chi connectivity index (χ0n) is 13.2. The summed E-state index contributed by atoms with van der Waals surface area (Å²) < 4.78 is 11.6. The summed E-state index contributed by atoms with van der Waals surface area (Å²) in [5.41, 5.74) is 2.18. The van der Waals surface area contributed by atoms with Crippen molar-refractivity contribution in [1.29, 1.82) is 0 Å². The zero-order chi connectivity index (χ0) is 17.1. The molecule has 0 fully saturated rings. The first-order valence-electron chi connectivity index (χ1n) is 7.23. The average molecular weight is 434 g/mol. The van der Waals surface area contributed by atoms with Crippen molar-refractivity contribution in [3.05, 3.63) is 63.7 Å². The molecule has 122 valence electrons. The second-order valence-corrected chi connectivity index (χ2v) is 6.40. The molecule has 1 aromatic heterocycles. The van der Waals surface area contributed by atoms with Crippen LogP contribution in [0.3, 0.4) is 0 Å². The SMILES string of the molecule is COc1ccc(C(=O)N(C)c2cc(-c3ccc(I)cc3)no2)cc1. The zero-order valence-corrected chi connectivity index (χ0v) is 15.4. The second-order valence-electron chi connectivity index (χ2n) is 5.15. The quantitative estimate of drug-likeness (QED) is 0.577. The van der Waals surface area contributed by atoms with Crippen LogP contribution in [0.4, 0.5) is 5.88 Å². The third-order valence-electron chi connectivity index (χ3n) is 3.61. The van der Waals surface area contributed by atoms with Crippen LogP contribution in [-0.2, 0) is 0 Å². The molecule has 0 N–H and O–H groups in total. The number of amides is 1. The van der Waals surface area contributed by atoms with E-state index in [1.165, 1.54) is 4.90 Å². The summed E-state index contributed by atoms with van der Waals surface area (Å²) in [6.07, 6.45) is 0. The van der Waals surface area contributed by atoms with E-state index in [9.17, 15) is 4.79 Å². The first kappa shape index (κ1) is 16.5. The van der Waals surface area contributed by atoms with Crippen LogP contribution in [0.15, 0.2) is 59.1 Å². The van der Waals surface area contributed by atoms with Gasteiger partial charge in [-0.2, -0.15) is 0 Å². The predicted molar refractivity (Wildman–Crippen MR) is 100 cm³/mol. The molecule has 0 unspecified atom stereocenters. The Bertz CT molecular complexity index is 841. The molecular formula is C18H15IN2O3. The number of ether oxygens (including phenoxy) is 1. The Hall–Kier alpha value is -2.35. The van der Waals surface area contributed by atoms with E-state index in [-0.39, 0.29) is 5.91 Å². The molecule has 0 aliphatic heterocycles. The highest BCUT2D eigenvalue weighted by atomic mass is 127. The Labute approximate surface area is 153 Å². The number of benzene rings is 2. The number of hydrogen-bond donors (Lipinski definition) is 0. The first-order valence-corrected chi connectivity index (χ1v) is 8.31. The van der Waals surface area contributed by atoms with Crippen molar-refractivity contribution in [2.24, 2.45) is 0 Å². The average Bonchev–Trinajstić information content (AvgIpc) is 3.11. The van der Waals surface area contributed by atoms with E-state index in [4.69, 9.17) is 9.26 Å². The number of hydrogen-bond acceptors (Lipinski definition) is 4. The van der Waals surface area contributed by atoms with E-state index < -0.39 is 0 Å². The molecule has 0 atom stereocenters. The number of carbonyl (C=O) groups excluding carboxylic acids is 1. The maximum Gasteiger partial charge on any atom is 0.260 e. The fourth-order valence-corrected chi connectivity index (χ4v) is 2.57. The lowest BCUT2D eigenvalue weighted by atomic mass is 10.1. The monoisotopic (exact) mass is 434 g/mol. The van der Waals surface area contributed by atoms with E-state index in [0.29, 0.717) is 22.9 Å². The largest absolute Gasteiger partial charge is 0.497 e. The van der Waals surface area contributed by atoms with Gasteiger partial charge < -0.3 is 9.26 Å². The minimum Gasteiger partial charge on any atom is -0.497 e. The van der Waals surface area contributed by atoms with Crippen molar-refractivity contribution < 1.29 is 14.1 Å². The molecule has 0 spiro atoms. The van der Waals surface area contributed by atoms with Gasteiger partial charge in [-0.25, -0.2) is 0 Å². The summed E-state index contributed by atoms with van der Waals surface area (Å²) >= 11 is 2.25. The highest BCUT2D eigenvalue weighted by Gasteiger charge is 2.18. The van der Waals surface area contributed by atoms with Crippen LogP contribution in [0.1, 0.15) is 10.4 Å². The molecule has 0 radical (unpaired) electrons. The fraction of sp³-hybridized carbons (Fsp3) is 0.111. The lowest BCUT2D eigenvalue weighted by molar-refractivity contribution is 0.0987. The topological polar surface area (TPSA) is 55.6 Å². The molecule has 6 heteroatoms. The fourth-order valence-electron chi connectivity index (χ4n) is 2.21. The lowest BCUT2D eigenvalue weighted by Crippen LogP contribution is -2.25. The molecule has 0 aliphatic carbocycles. The molecule has 1 amide bonds. The second kappa shape index (κ2) is 7.04. The van der Waals surface area contributed by atoms with E-state index in [1.54, 1.807) is 44.5 Å². The van der Waals surface area contributed by atoms with Gasteiger partial charge in [-0.15, -0.1) is 0 Å². The van der Waals surface area contributed by atoms with E-state index in [2.05, 4.69) is 27.7 Å². The van der Waals surface area contributed by atoms with Gasteiger partial charge in [-0.05, 0) is 59.0 Å². The van der Waals surface area contributed by atoms with Crippen LogP contribution >= 0.6 is 22.6 Å². The minimum atomic E-state index is -0.178. The number of rotatable bonds is 4. The van der Waals surface area contributed by atoms with Crippen LogP contribution in [0.5, 0.6) is 5.75 Å². The molecule has 24 heavy (non-hydrogen) atoms. The Balaban J connectivity index is 1.80. The van der Waals surface area contributed by atoms with Gasteiger partial charge in [0.05, 0.1) is 7.11 Å². The highest BCUT2D eigenvalue weighted by Crippen LogP contribution is 2.25. The van der Waals surface area contributed by atoms with Crippen molar-refractivity contribution >= 4 is 34.4 Å². The van der Waals surface area contributed by atoms with Crippen molar-refractivity contribution in [1.82, 2.24) is 5.16 Å². The van der Waals surface area contributed by atoms with Crippen LogP contribution in [0.25, 0.3) is 11.3 Å². The van der Waals surface area contributed by atoms with Crippen molar-refractivity contribution in [3.63, 3.8) is 0 Å². The molecule has 0 saturated heterocycles. The van der Waals surface area contributed by atoms with Crippen molar-refractivity contribution in [3.8, 4) is 17.0 Å². The minimum absolute atomic E-state index is 0.178. The highest BCUT2D eigenvalue weighted by molar-refractivity contribution is 14.1. The van der Waals surface area contributed by atoms with Crippen LogP contribution < -0.4 is 9.64 Å². The van der Waals surface area contributed by atoms with E-state index in [0.717, 1.165) is 9.13 Å². The number of halogens is 1. The number of carbonyl (C=O) groups is 1. The lowest BCUT2D eigenvalue weighted by Gasteiger charge is -2.13. The molecule has 3 aromatic rings. The summed E-state index contributed by atoms with van der Waals surface area (Å²) in [5.74, 6) is 0.919. The molecule has 0 bridgehead atoms. The van der Waals surface area contributed by atoms with Crippen LogP contribution in [-0.4, -0.2) is 25.2 Å². The number of nitrogens with zero attached hydrogens (tertiary/aromatic N) is 2. The van der Waals surface area contributed by atoms with Gasteiger partial charge in [0.25, 0.3) is 5.91 Å². The predicted octanol–water partition coefficient (Wildman–Crippen LogP) is 4.23. The van der Waals surface area contributed by atoms with Gasteiger partial charge in [0.2, 0.25) is 5.88 Å². The maximum absolute atomic E-state index is 12.5. The normalized spacial score (nSPS) is 10.5. The molecule has 0 saturated carbocycles. The van der Waals surface area contributed by atoms with E-state index in [1.807, 2.05) is 24.3 Å².